The second kappa shape index (κ2) is 5.52. The van der Waals surface area contributed by atoms with Crippen LogP contribution in [-0.4, -0.2) is 28.1 Å². The number of carbonyl (C=O) groups is 2. The minimum Gasteiger partial charge on any atom is -0.478 e. The maximum absolute atomic E-state index is 12.4. The molecule has 5 heteroatoms. The van der Waals surface area contributed by atoms with Crippen LogP contribution in [0.15, 0.2) is 42.6 Å². The van der Waals surface area contributed by atoms with E-state index in [0.29, 0.717) is 28.6 Å². The molecule has 0 fully saturated rings. The number of aromatic nitrogens is 1. The number of hydrogen-bond acceptors (Lipinski definition) is 3. The van der Waals surface area contributed by atoms with Gasteiger partial charge in [0.15, 0.2) is 0 Å². The highest BCUT2D eigenvalue weighted by atomic mass is 16.5. The molecule has 1 N–H and O–H groups in total. The number of esters is 1. The number of carboxylic acids is 1. The van der Waals surface area contributed by atoms with Crippen molar-refractivity contribution in [1.82, 2.24) is 4.40 Å². The normalized spacial score (nSPS) is 11.0. The lowest BCUT2D eigenvalue weighted by Crippen LogP contribution is -2.05. The van der Waals surface area contributed by atoms with Gasteiger partial charge in [0, 0.05) is 11.6 Å². The molecule has 5 nitrogen and oxygen atoms in total. The van der Waals surface area contributed by atoms with Gasteiger partial charge in [-0.05, 0) is 30.7 Å². The van der Waals surface area contributed by atoms with Crippen LogP contribution >= 0.6 is 0 Å². The van der Waals surface area contributed by atoms with Gasteiger partial charge in [0.1, 0.15) is 0 Å². The van der Waals surface area contributed by atoms with Gasteiger partial charge in [-0.25, -0.2) is 9.59 Å². The molecule has 3 rings (SSSR count). The SMILES string of the molecule is CCCOC(=O)c1c2ccc(C(=O)O)cc2n2ccccc12. The Bertz CT molecular complexity index is 879. The van der Waals surface area contributed by atoms with Crippen molar-refractivity contribution in [2.45, 2.75) is 13.3 Å². The Labute approximate surface area is 126 Å². The lowest BCUT2D eigenvalue weighted by atomic mass is 10.1. The highest BCUT2D eigenvalue weighted by Crippen LogP contribution is 2.28. The molecule has 0 bridgehead atoms. The van der Waals surface area contributed by atoms with E-state index in [-0.39, 0.29) is 11.5 Å². The van der Waals surface area contributed by atoms with Gasteiger partial charge in [-0.2, -0.15) is 0 Å². The molecule has 0 spiro atoms. The first-order valence-electron chi connectivity index (χ1n) is 7.06. The van der Waals surface area contributed by atoms with E-state index in [1.54, 1.807) is 18.3 Å². The number of rotatable bonds is 4. The summed E-state index contributed by atoms with van der Waals surface area (Å²) in [7, 11) is 0. The maximum Gasteiger partial charge on any atom is 0.340 e. The van der Waals surface area contributed by atoms with Crippen LogP contribution in [0.2, 0.25) is 0 Å². The Morgan fingerprint density at radius 1 is 1.18 bits per heavy atom. The zero-order valence-corrected chi connectivity index (χ0v) is 12.1. The van der Waals surface area contributed by atoms with E-state index >= 15 is 0 Å². The molecule has 3 aromatic rings. The summed E-state index contributed by atoms with van der Waals surface area (Å²) in [6.07, 6.45) is 2.55. The van der Waals surface area contributed by atoms with Gasteiger partial charge in [-0.15, -0.1) is 0 Å². The quantitative estimate of drug-likeness (QED) is 0.750. The lowest BCUT2D eigenvalue weighted by Gasteiger charge is -2.02. The highest BCUT2D eigenvalue weighted by molar-refractivity contribution is 6.12. The minimum absolute atomic E-state index is 0.184. The van der Waals surface area contributed by atoms with Crippen LogP contribution in [0, 0.1) is 0 Å². The molecule has 0 aliphatic rings. The van der Waals surface area contributed by atoms with Crippen LogP contribution < -0.4 is 0 Å². The van der Waals surface area contributed by atoms with Gasteiger partial charge in [0.2, 0.25) is 0 Å². The lowest BCUT2D eigenvalue weighted by molar-refractivity contribution is 0.0509. The average Bonchev–Trinajstić information content (AvgIpc) is 2.86. The Morgan fingerprint density at radius 3 is 2.73 bits per heavy atom. The predicted octanol–water partition coefficient (Wildman–Crippen LogP) is 3.36. The molecule has 22 heavy (non-hydrogen) atoms. The van der Waals surface area contributed by atoms with E-state index in [1.807, 2.05) is 29.5 Å². The van der Waals surface area contributed by atoms with E-state index in [4.69, 9.17) is 9.84 Å². The van der Waals surface area contributed by atoms with Gasteiger partial charge >= 0.3 is 11.9 Å². The van der Waals surface area contributed by atoms with Crippen LogP contribution in [0.5, 0.6) is 0 Å². The molecule has 0 atom stereocenters. The van der Waals surface area contributed by atoms with E-state index in [0.717, 1.165) is 6.42 Å². The van der Waals surface area contributed by atoms with Crippen LogP contribution in [0.1, 0.15) is 34.1 Å². The van der Waals surface area contributed by atoms with Crippen molar-refractivity contribution < 1.29 is 19.4 Å². The fourth-order valence-corrected chi connectivity index (χ4v) is 2.55. The number of fused-ring (bicyclic) bond motifs is 3. The minimum atomic E-state index is -0.997. The fraction of sp³-hybridized carbons (Fsp3) is 0.176. The molecule has 0 radical (unpaired) electrons. The van der Waals surface area contributed by atoms with E-state index < -0.39 is 5.97 Å². The number of ether oxygens (including phenoxy) is 1. The second-order valence-corrected chi connectivity index (χ2v) is 5.00. The van der Waals surface area contributed by atoms with Gasteiger partial charge < -0.3 is 14.2 Å². The summed E-state index contributed by atoms with van der Waals surface area (Å²) in [5.41, 5.74) is 2.05. The van der Waals surface area contributed by atoms with E-state index in [9.17, 15) is 9.59 Å². The largest absolute Gasteiger partial charge is 0.478 e. The van der Waals surface area contributed by atoms with Crippen molar-refractivity contribution in [2.24, 2.45) is 0 Å². The van der Waals surface area contributed by atoms with E-state index in [2.05, 4.69) is 0 Å². The fourth-order valence-electron chi connectivity index (χ4n) is 2.55. The van der Waals surface area contributed by atoms with Crippen molar-refractivity contribution in [3.8, 4) is 0 Å². The van der Waals surface area contributed by atoms with Crippen molar-refractivity contribution in [3.05, 3.63) is 53.7 Å². The number of carboxylic acid groups (broad SMARTS) is 1. The zero-order valence-electron chi connectivity index (χ0n) is 12.1. The molecule has 112 valence electrons. The summed E-state index contributed by atoms with van der Waals surface area (Å²) < 4.78 is 7.07. The molecule has 0 aliphatic heterocycles. The summed E-state index contributed by atoms with van der Waals surface area (Å²) in [5, 5.41) is 9.84. The van der Waals surface area contributed by atoms with Crippen molar-refractivity contribution >= 4 is 28.4 Å². The number of pyridine rings is 1. The molecule has 0 amide bonds. The highest BCUT2D eigenvalue weighted by Gasteiger charge is 2.20. The number of aromatic carboxylic acids is 1. The summed E-state index contributed by atoms with van der Waals surface area (Å²) >= 11 is 0. The number of hydrogen-bond donors (Lipinski definition) is 1. The number of benzene rings is 1. The van der Waals surface area contributed by atoms with Crippen molar-refractivity contribution in [2.75, 3.05) is 6.61 Å². The average molecular weight is 297 g/mol. The smallest absolute Gasteiger partial charge is 0.340 e. The number of nitrogens with zero attached hydrogens (tertiary/aromatic N) is 1. The Morgan fingerprint density at radius 2 is 2.00 bits per heavy atom. The zero-order chi connectivity index (χ0) is 15.7. The van der Waals surface area contributed by atoms with Crippen LogP contribution in [0.4, 0.5) is 0 Å². The molecule has 0 saturated carbocycles. The summed E-state index contributed by atoms with van der Waals surface area (Å²) in [5.74, 6) is -1.38. The van der Waals surface area contributed by atoms with Crippen LogP contribution in [0.3, 0.4) is 0 Å². The van der Waals surface area contributed by atoms with Gasteiger partial charge in [0.25, 0.3) is 0 Å². The topological polar surface area (TPSA) is 68.0 Å². The predicted molar refractivity (Wildman–Crippen MR) is 82.4 cm³/mol. The maximum atomic E-state index is 12.4. The Hall–Kier alpha value is -2.82. The Kier molecular flexibility index (Phi) is 3.55. The first-order valence-corrected chi connectivity index (χ1v) is 7.06. The van der Waals surface area contributed by atoms with Crippen molar-refractivity contribution in [3.63, 3.8) is 0 Å². The third-order valence-corrected chi connectivity index (χ3v) is 3.53. The summed E-state index contributed by atoms with van der Waals surface area (Å²) in [4.78, 5) is 23.5. The third kappa shape index (κ3) is 2.20. The number of carbonyl (C=O) groups excluding carboxylic acids is 1. The third-order valence-electron chi connectivity index (χ3n) is 3.53. The van der Waals surface area contributed by atoms with Crippen molar-refractivity contribution in [1.29, 1.82) is 0 Å². The summed E-state index contributed by atoms with van der Waals surface area (Å²) in [6, 6.07) is 10.2. The first kappa shape index (κ1) is 14.1. The van der Waals surface area contributed by atoms with E-state index in [1.165, 1.54) is 6.07 Å². The molecular weight excluding hydrogens is 282 g/mol. The van der Waals surface area contributed by atoms with Crippen LogP contribution in [0.25, 0.3) is 16.4 Å². The Balaban J connectivity index is 2.29. The molecule has 1 aromatic carbocycles. The van der Waals surface area contributed by atoms with Gasteiger partial charge in [-0.3, -0.25) is 0 Å². The van der Waals surface area contributed by atoms with Gasteiger partial charge in [-0.1, -0.05) is 19.1 Å². The molecule has 0 aliphatic carbocycles. The molecular formula is C17H15NO4. The first-order chi connectivity index (χ1) is 10.6. The van der Waals surface area contributed by atoms with Gasteiger partial charge in [0.05, 0.1) is 28.8 Å². The molecule has 0 unspecified atom stereocenters. The van der Waals surface area contributed by atoms with Crippen LogP contribution in [-0.2, 0) is 4.74 Å². The molecule has 2 heterocycles. The molecule has 2 aromatic heterocycles. The standard InChI is InChI=1S/C17H15NO4/c1-2-9-22-17(21)15-12-7-6-11(16(19)20)10-14(12)18-8-4-3-5-13(15)18/h3-8,10H,2,9H2,1H3,(H,19,20). The monoisotopic (exact) mass is 297 g/mol. The second-order valence-electron chi connectivity index (χ2n) is 5.00. The summed E-state index contributed by atoms with van der Waals surface area (Å²) in [6.45, 7) is 2.29. The molecule has 0 saturated heterocycles.